The number of likely N-dealkylation sites (N-methyl/N-ethyl adjacent to an activating group) is 1. The van der Waals surface area contributed by atoms with Crippen molar-refractivity contribution >= 4 is 23.8 Å². The lowest BCUT2D eigenvalue weighted by Crippen LogP contribution is -2.61. The van der Waals surface area contributed by atoms with Gasteiger partial charge >= 0.3 is 6.03 Å². The van der Waals surface area contributed by atoms with Gasteiger partial charge in [-0.2, -0.15) is 0 Å². The molecule has 0 aliphatic carbocycles. The zero-order chi connectivity index (χ0) is 38.5. The van der Waals surface area contributed by atoms with Crippen LogP contribution in [0.25, 0.3) is 0 Å². The summed E-state index contributed by atoms with van der Waals surface area (Å²) in [5.41, 5.74) is 1.01. The number of carbonyl (C=O) groups excluding carboxylic acids is 4. The third-order valence-electron chi connectivity index (χ3n) is 11.1. The second-order valence-electron chi connectivity index (χ2n) is 15.1. The van der Waals surface area contributed by atoms with Gasteiger partial charge in [0.2, 0.25) is 17.7 Å². The Bertz CT molecular complexity index is 1280. The summed E-state index contributed by atoms with van der Waals surface area (Å²) in [4.78, 5) is 60.4. The van der Waals surface area contributed by atoms with Gasteiger partial charge < -0.3 is 45.2 Å². The topological polar surface area (TPSA) is 153 Å². The normalized spacial score (nSPS) is 21.8. The number of hydrogen-bond donors (Lipinski definition) is 4. The molecule has 13 heteroatoms. The molecule has 294 valence electrons. The highest BCUT2D eigenvalue weighted by atomic mass is 16.5. The van der Waals surface area contributed by atoms with E-state index in [0.29, 0.717) is 39.0 Å². The fourth-order valence-electron chi connectivity index (χ4n) is 7.79. The van der Waals surface area contributed by atoms with E-state index in [1.54, 1.807) is 42.9 Å². The summed E-state index contributed by atoms with van der Waals surface area (Å²) in [5.74, 6) is -1.36. The van der Waals surface area contributed by atoms with Gasteiger partial charge in [-0.1, -0.05) is 71.4 Å². The maximum absolute atomic E-state index is 14.2. The lowest BCUT2D eigenvalue weighted by Gasteiger charge is -2.41. The SMILES string of the molecule is CCC(C)C(C(CC(=O)N1CCC[C@H]1C(OC)C(C)C(=O)NC(CO)Cc1ccccc1)OC)N(C)C(=O)C(NC(=O)N1CCNC[C@H]1C)C(C)C. The molecule has 1 aromatic carbocycles. The van der Waals surface area contributed by atoms with Crippen molar-refractivity contribution in [3.63, 3.8) is 0 Å². The number of ether oxygens (including phenoxy) is 2. The highest BCUT2D eigenvalue weighted by Gasteiger charge is 2.43. The molecule has 2 aliphatic heterocycles. The molecule has 0 bridgehead atoms. The second kappa shape index (κ2) is 20.8. The van der Waals surface area contributed by atoms with Gasteiger partial charge in [0, 0.05) is 53.5 Å². The number of carbonyl (C=O) groups is 4. The summed E-state index contributed by atoms with van der Waals surface area (Å²) >= 11 is 0. The number of likely N-dealkylation sites (tertiary alicyclic amines) is 1. The number of aliphatic hydroxyl groups is 1. The summed E-state index contributed by atoms with van der Waals surface area (Å²) < 4.78 is 11.9. The van der Waals surface area contributed by atoms with Crippen molar-refractivity contribution in [1.82, 2.24) is 30.7 Å². The molecule has 9 atom stereocenters. The summed E-state index contributed by atoms with van der Waals surface area (Å²) in [6.45, 7) is 14.0. The zero-order valence-electron chi connectivity index (χ0n) is 33.0. The third kappa shape index (κ3) is 11.1. The Kier molecular flexibility index (Phi) is 17.3. The van der Waals surface area contributed by atoms with Crippen molar-refractivity contribution in [2.75, 3.05) is 54.1 Å². The van der Waals surface area contributed by atoms with E-state index in [1.807, 2.05) is 65.0 Å². The van der Waals surface area contributed by atoms with Gasteiger partial charge in [-0.15, -0.1) is 0 Å². The zero-order valence-corrected chi connectivity index (χ0v) is 33.0. The first-order valence-electron chi connectivity index (χ1n) is 19.1. The van der Waals surface area contributed by atoms with Crippen molar-refractivity contribution in [2.45, 2.75) is 116 Å². The van der Waals surface area contributed by atoms with Crippen LogP contribution in [0.2, 0.25) is 0 Å². The molecule has 2 saturated heterocycles. The average Bonchev–Trinajstić information content (AvgIpc) is 3.63. The predicted octanol–water partition coefficient (Wildman–Crippen LogP) is 2.65. The Morgan fingerprint density at radius 2 is 1.71 bits per heavy atom. The quantitative estimate of drug-likeness (QED) is 0.180. The fraction of sp³-hybridized carbons (Fsp3) is 0.744. The number of amides is 5. The molecular formula is C39H66N6O7. The van der Waals surface area contributed by atoms with Gasteiger partial charge in [0.1, 0.15) is 6.04 Å². The van der Waals surface area contributed by atoms with E-state index in [9.17, 15) is 24.3 Å². The fourth-order valence-corrected chi connectivity index (χ4v) is 7.79. The maximum atomic E-state index is 14.2. The molecule has 52 heavy (non-hydrogen) atoms. The number of methoxy groups -OCH3 is 2. The Labute approximate surface area is 311 Å². The van der Waals surface area contributed by atoms with E-state index in [-0.39, 0.29) is 60.7 Å². The van der Waals surface area contributed by atoms with Gasteiger partial charge in [0.05, 0.1) is 49.3 Å². The van der Waals surface area contributed by atoms with Gasteiger partial charge in [0.25, 0.3) is 0 Å². The van der Waals surface area contributed by atoms with E-state index in [4.69, 9.17) is 9.47 Å². The Balaban J connectivity index is 1.74. The van der Waals surface area contributed by atoms with Crippen LogP contribution >= 0.6 is 0 Å². The molecule has 7 unspecified atom stereocenters. The molecule has 2 heterocycles. The minimum Gasteiger partial charge on any atom is -0.394 e. The first kappa shape index (κ1) is 43.1. The van der Waals surface area contributed by atoms with Crippen LogP contribution in [0, 0.1) is 17.8 Å². The lowest BCUT2D eigenvalue weighted by atomic mass is 9.89. The van der Waals surface area contributed by atoms with E-state index >= 15 is 0 Å². The van der Waals surface area contributed by atoms with Crippen molar-refractivity contribution < 1.29 is 33.8 Å². The van der Waals surface area contributed by atoms with Crippen LogP contribution in [-0.2, 0) is 30.3 Å². The van der Waals surface area contributed by atoms with Gasteiger partial charge in [0.15, 0.2) is 0 Å². The van der Waals surface area contributed by atoms with Crippen LogP contribution in [0.1, 0.15) is 72.8 Å². The Morgan fingerprint density at radius 1 is 1.02 bits per heavy atom. The largest absolute Gasteiger partial charge is 0.394 e. The third-order valence-corrected chi connectivity index (χ3v) is 11.1. The Morgan fingerprint density at radius 3 is 2.29 bits per heavy atom. The molecule has 0 aromatic heterocycles. The van der Waals surface area contributed by atoms with E-state index in [2.05, 4.69) is 16.0 Å². The first-order chi connectivity index (χ1) is 24.8. The second-order valence-corrected chi connectivity index (χ2v) is 15.1. The molecule has 0 saturated carbocycles. The van der Waals surface area contributed by atoms with Crippen LogP contribution in [0.4, 0.5) is 4.79 Å². The summed E-state index contributed by atoms with van der Waals surface area (Å²) in [6, 6.07) is 7.47. The number of piperazine rings is 1. The minimum absolute atomic E-state index is 0.00715. The molecule has 1 aromatic rings. The molecule has 13 nitrogen and oxygen atoms in total. The number of rotatable bonds is 18. The van der Waals surface area contributed by atoms with E-state index in [0.717, 1.165) is 18.4 Å². The Hall–Kier alpha value is -3.26. The number of nitrogens with zero attached hydrogens (tertiary/aromatic N) is 3. The number of benzene rings is 1. The number of nitrogens with one attached hydrogen (secondary N) is 3. The van der Waals surface area contributed by atoms with Gasteiger partial charge in [-0.3, -0.25) is 14.4 Å². The summed E-state index contributed by atoms with van der Waals surface area (Å²) in [6.07, 6.45) is 1.56. The molecule has 0 radical (unpaired) electrons. The van der Waals surface area contributed by atoms with Crippen molar-refractivity contribution in [1.29, 1.82) is 0 Å². The molecular weight excluding hydrogens is 664 g/mol. The number of hydrogen-bond acceptors (Lipinski definition) is 8. The van der Waals surface area contributed by atoms with Gasteiger partial charge in [-0.05, 0) is 43.6 Å². The number of urea groups is 1. The monoisotopic (exact) mass is 730 g/mol. The van der Waals surface area contributed by atoms with E-state index < -0.39 is 36.3 Å². The molecule has 3 rings (SSSR count). The highest BCUT2D eigenvalue weighted by Crippen LogP contribution is 2.30. The maximum Gasteiger partial charge on any atom is 0.318 e. The van der Waals surface area contributed by atoms with Crippen molar-refractivity contribution in [3.05, 3.63) is 35.9 Å². The smallest absolute Gasteiger partial charge is 0.318 e. The standard InChI is InChI=1S/C39H66N6O7/c1-10-26(4)35(43(7)38(49)34(25(2)3)42-39(50)44-20-18-40-23-27(44)5)32(51-8)22-33(47)45-19-14-17-31(45)36(52-9)28(6)37(48)41-30(24-46)21-29-15-12-11-13-16-29/h11-13,15-16,25-28,30-32,34-36,40,46H,10,14,17-24H2,1-9H3,(H,41,48)(H,42,50)/t26?,27-,28?,30?,31+,32?,34?,35?,36?/m1/s1. The van der Waals surface area contributed by atoms with Crippen LogP contribution in [0.15, 0.2) is 30.3 Å². The first-order valence-corrected chi connectivity index (χ1v) is 19.1. The molecule has 2 aliphatic rings. The molecule has 4 N–H and O–H groups in total. The predicted molar refractivity (Wildman–Crippen MR) is 201 cm³/mol. The number of aliphatic hydroxyl groups excluding tert-OH is 1. The summed E-state index contributed by atoms with van der Waals surface area (Å²) in [5, 5.41) is 19.3. The van der Waals surface area contributed by atoms with Crippen LogP contribution in [0.5, 0.6) is 0 Å². The summed E-state index contributed by atoms with van der Waals surface area (Å²) in [7, 11) is 4.87. The van der Waals surface area contributed by atoms with Gasteiger partial charge in [-0.25, -0.2) is 4.79 Å². The van der Waals surface area contributed by atoms with E-state index in [1.165, 1.54) is 0 Å². The van der Waals surface area contributed by atoms with Crippen LogP contribution < -0.4 is 16.0 Å². The minimum atomic E-state index is -0.754. The van der Waals surface area contributed by atoms with Crippen LogP contribution in [0.3, 0.4) is 0 Å². The van der Waals surface area contributed by atoms with Crippen molar-refractivity contribution in [3.8, 4) is 0 Å². The lowest BCUT2D eigenvalue weighted by molar-refractivity contribution is -0.147. The highest BCUT2D eigenvalue weighted by molar-refractivity contribution is 5.88. The molecule has 2 fully saturated rings. The van der Waals surface area contributed by atoms with Crippen molar-refractivity contribution in [2.24, 2.45) is 17.8 Å². The van der Waals surface area contributed by atoms with Crippen LogP contribution in [-0.4, -0.2) is 140 Å². The molecule has 0 spiro atoms. The average molecular weight is 731 g/mol. The molecule has 5 amide bonds.